The molecular weight excluding hydrogens is 278 g/mol. The molecule has 0 heterocycles. The lowest BCUT2D eigenvalue weighted by atomic mass is 10.0. The zero-order chi connectivity index (χ0) is 12.1. The smallest absolute Gasteiger partial charge is 0.119 e. The molecule has 0 aliphatic heterocycles. The van der Waals surface area contributed by atoms with Crippen LogP contribution in [0.1, 0.15) is 26.2 Å². The van der Waals surface area contributed by atoms with E-state index < -0.39 is 0 Å². The van der Waals surface area contributed by atoms with Crippen molar-refractivity contribution in [3.8, 4) is 5.75 Å². The first-order valence-corrected chi connectivity index (χ1v) is 7.12. The molecule has 0 amide bonds. The number of benzene rings is 1. The third-order valence-corrected chi connectivity index (χ3v) is 3.95. The van der Waals surface area contributed by atoms with Crippen LogP contribution in [0.25, 0.3) is 0 Å². The molecule has 1 fully saturated rings. The molecule has 1 aromatic rings. The van der Waals surface area contributed by atoms with E-state index in [1.165, 1.54) is 12.8 Å². The van der Waals surface area contributed by atoms with Crippen LogP contribution in [0.5, 0.6) is 5.75 Å². The van der Waals surface area contributed by atoms with Gasteiger partial charge in [0, 0.05) is 11.0 Å². The summed E-state index contributed by atoms with van der Waals surface area (Å²) in [5.74, 6) is 0.965. The molecule has 3 heteroatoms. The molecule has 1 aliphatic carbocycles. The van der Waals surface area contributed by atoms with E-state index in [1.807, 2.05) is 24.3 Å². The Morgan fingerprint density at radius 3 is 2.59 bits per heavy atom. The highest BCUT2D eigenvalue weighted by molar-refractivity contribution is 9.10. The number of ether oxygens (including phenoxy) is 1. The fraction of sp³-hybridized carbons (Fsp3) is 0.571. The molecule has 1 N–H and O–H groups in total. The van der Waals surface area contributed by atoms with E-state index in [0.29, 0.717) is 5.41 Å². The van der Waals surface area contributed by atoms with Gasteiger partial charge in [0.25, 0.3) is 0 Å². The molecule has 1 aromatic carbocycles. The van der Waals surface area contributed by atoms with Crippen molar-refractivity contribution in [3.63, 3.8) is 0 Å². The van der Waals surface area contributed by atoms with Crippen LogP contribution in [-0.2, 0) is 0 Å². The van der Waals surface area contributed by atoms with Gasteiger partial charge < -0.3 is 10.1 Å². The Balaban J connectivity index is 1.71. The number of rotatable bonds is 7. The van der Waals surface area contributed by atoms with Gasteiger partial charge in [0.2, 0.25) is 0 Å². The van der Waals surface area contributed by atoms with Gasteiger partial charge in [-0.05, 0) is 55.5 Å². The Hall–Kier alpha value is -0.540. The molecule has 94 valence electrons. The summed E-state index contributed by atoms with van der Waals surface area (Å²) in [6.07, 6.45) is 3.86. The van der Waals surface area contributed by atoms with Crippen molar-refractivity contribution in [1.29, 1.82) is 0 Å². The highest BCUT2D eigenvalue weighted by Gasteiger charge is 2.41. The molecule has 2 nitrogen and oxygen atoms in total. The largest absolute Gasteiger partial charge is 0.494 e. The third-order valence-electron chi connectivity index (χ3n) is 3.42. The average molecular weight is 298 g/mol. The monoisotopic (exact) mass is 297 g/mol. The third kappa shape index (κ3) is 4.00. The van der Waals surface area contributed by atoms with Crippen molar-refractivity contribution in [2.45, 2.75) is 26.2 Å². The first kappa shape index (κ1) is 12.9. The molecule has 17 heavy (non-hydrogen) atoms. The molecule has 0 spiro atoms. The number of hydrogen-bond acceptors (Lipinski definition) is 2. The van der Waals surface area contributed by atoms with Crippen LogP contribution in [0.15, 0.2) is 28.7 Å². The van der Waals surface area contributed by atoms with Gasteiger partial charge in [0.15, 0.2) is 0 Å². The van der Waals surface area contributed by atoms with Gasteiger partial charge in [-0.3, -0.25) is 0 Å². The molecule has 0 aromatic heterocycles. The minimum atomic E-state index is 0.533. The summed E-state index contributed by atoms with van der Waals surface area (Å²) in [6.45, 7) is 5.20. The molecular formula is C14H20BrNO. The van der Waals surface area contributed by atoms with Crippen LogP contribution in [0.2, 0.25) is 0 Å². The maximum absolute atomic E-state index is 5.77. The summed E-state index contributed by atoms with van der Waals surface area (Å²) in [4.78, 5) is 0. The summed E-state index contributed by atoms with van der Waals surface area (Å²) >= 11 is 3.42. The van der Waals surface area contributed by atoms with Crippen LogP contribution in [-0.4, -0.2) is 19.7 Å². The normalized spacial score (nSPS) is 16.8. The van der Waals surface area contributed by atoms with Crippen LogP contribution < -0.4 is 10.1 Å². The lowest BCUT2D eigenvalue weighted by molar-refractivity contribution is 0.265. The highest BCUT2D eigenvalue weighted by Crippen LogP contribution is 2.48. The van der Waals surface area contributed by atoms with Crippen molar-refractivity contribution in [2.24, 2.45) is 5.41 Å². The zero-order valence-corrected chi connectivity index (χ0v) is 11.9. The first-order valence-electron chi connectivity index (χ1n) is 6.33. The number of hydrogen-bond donors (Lipinski definition) is 1. The molecule has 0 saturated heterocycles. The van der Waals surface area contributed by atoms with E-state index in [4.69, 9.17) is 4.74 Å². The fourth-order valence-corrected chi connectivity index (χ4v) is 2.26. The topological polar surface area (TPSA) is 21.3 Å². The zero-order valence-electron chi connectivity index (χ0n) is 10.3. The van der Waals surface area contributed by atoms with E-state index in [9.17, 15) is 0 Å². The maximum atomic E-state index is 5.77. The van der Waals surface area contributed by atoms with Crippen LogP contribution in [0.4, 0.5) is 0 Å². The molecule has 0 unspecified atom stereocenters. The maximum Gasteiger partial charge on any atom is 0.119 e. The Morgan fingerprint density at radius 1 is 1.29 bits per heavy atom. The minimum Gasteiger partial charge on any atom is -0.494 e. The SMILES string of the molecule is CCNCC1(CCOc2ccc(Br)cc2)CC1. The van der Waals surface area contributed by atoms with Crippen LogP contribution in [0, 0.1) is 5.41 Å². The summed E-state index contributed by atoms with van der Waals surface area (Å²) in [5, 5.41) is 3.45. The van der Waals surface area contributed by atoms with Gasteiger partial charge in [-0.1, -0.05) is 22.9 Å². The van der Waals surface area contributed by atoms with Gasteiger partial charge in [-0.2, -0.15) is 0 Å². The quantitative estimate of drug-likeness (QED) is 0.830. The summed E-state index contributed by atoms with van der Waals surface area (Å²) in [6, 6.07) is 8.05. The van der Waals surface area contributed by atoms with Gasteiger partial charge in [0.1, 0.15) is 5.75 Å². The van der Waals surface area contributed by atoms with E-state index in [-0.39, 0.29) is 0 Å². The van der Waals surface area contributed by atoms with E-state index in [0.717, 1.165) is 36.3 Å². The van der Waals surface area contributed by atoms with Crippen molar-refractivity contribution in [3.05, 3.63) is 28.7 Å². The summed E-state index contributed by atoms with van der Waals surface area (Å²) in [5.41, 5.74) is 0.533. The Bertz CT molecular complexity index is 346. The van der Waals surface area contributed by atoms with Gasteiger partial charge in [0.05, 0.1) is 6.61 Å². The van der Waals surface area contributed by atoms with E-state index in [1.54, 1.807) is 0 Å². The predicted octanol–water partition coefficient (Wildman–Crippen LogP) is 3.61. The van der Waals surface area contributed by atoms with Crippen molar-refractivity contribution in [1.82, 2.24) is 5.32 Å². The van der Waals surface area contributed by atoms with Crippen molar-refractivity contribution < 1.29 is 4.74 Å². The second-order valence-corrected chi connectivity index (χ2v) is 5.75. The minimum absolute atomic E-state index is 0.533. The highest BCUT2D eigenvalue weighted by atomic mass is 79.9. The predicted molar refractivity (Wildman–Crippen MR) is 74.5 cm³/mol. The van der Waals surface area contributed by atoms with Gasteiger partial charge in [-0.15, -0.1) is 0 Å². The van der Waals surface area contributed by atoms with E-state index in [2.05, 4.69) is 28.2 Å². The second-order valence-electron chi connectivity index (χ2n) is 4.83. The Kier molecular flexibility index (Phi) is 4.46. The van der Waals surface area contributed by atoms with E-state index >= 15 is 0 Å². The molecule has 1 aliphatic rings. The number of nitrogens with one attached hydrogen (secondary N) is 1. The molecule has 2 rings (SSSR count). The summed E-state index contributed by atoms with van der Waals surface area (Å²) in [7, 11) is 0. The summed E-state index contributed by atoms with van der Waals surface area (Å²) < 4.78 is 6.86. The van der Waals surface area contributed by atoms with Crippen molar-refractivity contribution in [2.75, 3.05) is 19.7 Å². The first-order chi connectivity index (χ1) is 8.24. The van der Waals surface area contributed by atoms with Gasteiger partial charge >= 0.3 is 0 Å². The Morgan fingerprint density at radius 2 is 2.00 bits per heavy atom. The second kappa shape index (κ2) is 5.87. The fourth-order valence-electron chi connectivity index (χ4n) is 2.00. The molecule has 0 bridgehead atoms. The standard InChI is InChI=1S/C14H20BrNO/c1-2-16-11-14(7-8-14)9-10-17-13-5-3-12(15)4-6-13/h3-6,16H,2,7-11H2,1H3. The van der Waals surface area contributed by atoms with Crippen LogP contribution in [0.3, 0.4) is 0 Å². The average Bonchev–Trinajstić information content (AvgIpc) is 3.10. The van der Waals surface area contributed by atoms with Crippen LogP contribution >= 0.6 is 15.9 Å². The van der Waals surface area contributed by atoms with Gasteiger partial charge in [-0.25, -0.2) is 0 Å². The molecule has 0 radical (unpaired) electrons. The molecule has 0 atom stereocenters. The lowest BCUT2D eigenvalue weighted by Gasteiger charge is -2.15. The molecule has 1 saturated carbocycles. The number of halogens is 1. The Labute approximate surface area is 112 Å². The lowest BCUT2D eigenvalue weighted by Crippen LogP contribution is -2.25. The van der Waals surface area contributed by atoms with Crippen molar-refractivity contribution >= 4 is 15.9 Å².